The topological polar surface area (TPSA) is 348 Å². The number of aliphatic hydroxyl groups excluding tert-OH is 14. The summed E-state index contributed by atoms with van der Waals surface area (Å²) < 4.78 is 38.3. The molecule has 0 amide bonds. The molecule has 0 radical (unpaired) electrons. The maximum absolute atomic E-state index is 10.9. The first kappa shape index (κ1) is 37.0. The molecule has 0 aromatic carbocycles. The molecular formula is C24H42O21. The van der Waals surface area contributed by atoms with Crippen molar-refractivity contribution >= 4 is 0 Å². The van der Waals surface area contributed by atoms with Crippen LogP contribution >= 0.6 is 0 Å². The Morgan fingerprint density at radius 2 is 0.756 bits per heavy atom. The fourth-order valence-corrected chi connectivity index (χ4v) is 5.43. The molecule has 14 N–H and O–H groups in total. The van der Waals surface area contributed by atoms with E-state index in [0.717, 1.165) is 0 Å². The fraction of sp³-hybridized carbons (Fsp3) is 1.00. The van der Waals surface area contributed by atoms with Crippen LogP contribution in [0.25, 0.3) is 0 Å². The van der Waals surface area contributed by atoms with Crippen molar-refractivity contribution in [3.63, 3.8) is 0 Å². The van der Waals surface area contributed by atoms with Crippen LogP contribution in [0.4, 0.5) is 0 Å². The van der Waals surface area contributed by atoms with Gasteiger partial charge in [0.1, 0.15) is 97.7 Å². The summed E-state index contributed by atoms with van der Waals surface area (Å²) in [5.41, 5.74) is 0. The molecule has 0 saturated carbocycles. The molecule has 4 aliphatic heterocycles. The van der Waals surface area contributed by atoms with Gasteiger partial charge in [-0.2, -0.15) is 0 Å². The van der Waals surface area contributed by atoms with E-state index in [9.17, 15) is 71.5 Å². The summed E-state index contributed by atoms with van der Waals surface area (Å²) in [7, 11) is 0. The molecule has 45 heavy (non-hydrogen) atoms. The summed E-state index contributed by atoms with van der Waals surface area (Å²) in [6.07, 6.45) is -36.0. The molecule has 21 heteroatoms. The van der Waals surface area contributed by atoms with Crippen LogP contribution in [0.15, 0.2) is 0 Å². The Morgan fingerprint density at radius 1 is 0.378 bits per heavy atom. The third-order valence-electron chi connectivity index (χ3n) is 8.19. The number of hydrogen-bond donors (Lipinski definition) is 14. The van der Waals surface area contributed by atoms with Crippen LogP contribution in [0.5, 0.6) is 0 Å². The van der Waals surface area contributed by atoms with Gasteiger partial charge in [0.05, 0.1) is 26.4 Å². The van der Waals surface area contributed by atoms with E-state index in [4.69, 9.17) is 33.2 Å². The number of rotatable bonds is 10. The third kappa shape index (κ3) is 7.59. The van der Waals surface area contributed by atoms with E-state index >= 15 is 0 Å². The molecular weight excluding hydrogens is 624 g/mol. The van der Waals surface area contributed by atoms with Crippen molar-refractivity contribution in [1.82, 2.24) is 0 Å². The van der Waals surface area contributed by atoms with Gasteiger partial charge < -0.3 is 105 Å². The van der Waals surface area contributed by atoms with Crippen LogP contribution in [0, 0.1) is 0 Å². The highest BCUT2D eigenvalue weighted by Gasteiger charge is 2.54. The predicted octanol–water partition coefficient (Wildman–Crippen LogP) is -9.75. The molecule has 0 bridgehead atoms. The average Bonchev–Trinajstić information content (AvgIpc) is 3.03. The number of aliphatic hydroxyl groups is 14. The first-order chi connectivity index (χ1) is 21.2. The van der Waals surface area contributed by atoms with Gasteiger partial charge in [0.25, 0.3) is 0 Å². The summed E-state index contributed by atoms with van der Waals surface area (Å²) >= 11 is 0. The molecule has 4 heterocycles. The average molecular weight is 667 g/mol. The molecule has 0 unspecified atom stereocenters. The van der Waals surface area contributed by atoms with E-state index in [-0.39, 0.29) is 0 Å². The normalized spacial score (nSPS) is 52.9. The van der Waals surface area contributed by atoms with Crippen molar-refractivity contribution in [2.45, 2.75) is 123 Å². The lowest BCUT2D eigenvalue weighted by molar-refractivity contribution is -0.388. The zero-order chi connectivity index (χ0) is 33.3. The second kappa shape index (κ2) is 15.6. The molecule has 0 spiro atoms. The van der Waals surface area contributed by atoms with E-state index in [2.05, 4.69) is 0 Å². The Bertz CT molecular complexity index is 912. The van der Waals surface area contributed by atoms with Gasteiger partial charge in [0.2, 0.25) is 0 Å². The lowest BCUT2D eigenvalue weighted by atomic mass is 9.95. The summed E-state index contributed by atoms with van der Waals surface area (Å²) in [4.78, 5) is 0. The van der Waals surface area contributed by atoms with Gasteiger partial charge in [-0.25, -0.2) is 0 Å². The van der Waals surface area contributed by atoms with Crippen LogP contribution in [0.3, 0.4) is 0 Å². The summed E-state index contributed by atoms with van der Waals surface area (Å²) in [6, 6.07) is 0. The van der Waals surface area contributed by atoms with Gasteiger partial charge in [0, 0.05) is 0 Å². The highest BCUT2D eigenvalue weighted by atomic mass is 16.8. The molecule has 20 atom stereocenters. The van der Waals surface area contributed by atoms with E-state index in [1.54, 1.807) is 0 Å². The summed E-state index contributed by atoms with van der Waals surface area (Å²) in [5, 5.41) is 142. The van der Waals surface area contributed by atoms with Crippen LogP contribution in [0.1, 0.15) is 0 Å². The standard InChI is InChI=1S/C24H42O21/c25-1-5-9(28)12(31)15(34)22(41-5)39-4-8-19(44-23-16(35)13(32)10(29)6(2-26)42-23)20(18(37)21(38)40-8)45-24-17(36)14(33)11(30)7(3-27)43-24/h5-38H,1-4H2/t5-,6-,7-,8-,9-,10-,11-,12+,13+,14+,15-,16-,17-,18-,19-,20-,21+,22-,23+,24+/m1/s1. The number of ether oxygens (including phenoxy) is 7. The Labute approximate surface area is 254 Å². The van der Waals surface area contributed by atoms with Crippen LogP contribution in [-0.4, -0.2) is 221 Å². The van der Waals surface area contributed by atoms with Crippen LogP contribution in [-0.2, 0) is 33.2 Å². The maximum atomic E-state index is 10.9. The molecule has 4 fully saturated rings. The van der Waals surface area contributed by atoms with E-state index in [1.807, 2.05) is 0 Å². The maximum Gasteiger partial charge on any atom is 0.187 e. The van der Waals surface area contributed by atoms with E-state index < -0.39 is 149 Å². The quantitative estimate of drug-likeness (QED) is 0.103. The van der Waals surface area contributed by atoms with Crippen molar-refractivity contribution in [3.05, 3.63) is 0 Å². The minimum absolute atomic E-state index is 0.761. The summed E-state index contributed by atoms with van der Waals surface area (Å²) in [5.74, 6) is 0. The van der Waals surface area contributed by atoms with Crippen molar-refractivity contribution in [1.29, 1.82) is 0 Å². The Balaban J connectivity index is 1.61. The third-order valence-corrected chi connectivity index (χ3v) is 8.19. The van der Waals surface area contributed by atoms with Gasteiger partial charge in [0.15, 0.2) is 25.2 Å². The largest absolute Gasteiger partial charge is 0.394 e. The van der Waals surface area contributed by atoms with Crippen molar-refractivity contribution < 1.29 is 105 Å². The van der Waals surface area contributed by atoms with E-state index in [1.165, 1.54) is 0 Å². The minimum Gasteiger partial charge on any atom is -0.394 e. The van der Waals surface area contributed by atoms with Gasteiger partial charge in [-0.15, -0.1) is 0 Å². The fourth-order valence-electron chi connectivity index (χ4n) is 5.43. The first-order valence-corrected chi connectivity index (χ1v) is 14.1. The van der Waals surface area contributed by atoms with E-state index in [0.29, 0.717) is 0 Å². The minimum atomic E-state index is -2.10. The van der Waals surface area contributed by atoms with Gasteiger partial charge in [-0.1, -0.05) is 0 Å². The molecule has 4 aliphatic rings. The van der Waals surface area contributed by atoms with Crippen LogP contribution < -0.4 is 0 Å². The van der Waals surface area contributed by atoms with Crippen molar-refractivity contribution in [2.75, 3.05) is 26.4 Å². The first-order valence-electron chi connectivity index (χ1n) is 14.1. The Morgan fingerprint density at radius 3 is 1.18 bits per heavy atom. The highest BCUT2D eigenvalue weighted by molar-refractivity contribution is 4.97. The van der Waals surface area contributed by atoms with Crippen molar-refractivity contribution in [3.8, 4) is 0 Å². The highest BCUT2D eigenvalue weighted by Crippen LogP contribution is 2.34. The lowest BCUT2D eigenvalue weighted by Gasteiger charge is -2.48. The lowest BCUT2D eigenvalue weighted by Crippen LogP contribution is -2.67. The van der Waals surface area contributed by atoms with Gasteiger partial charge >= 0.3 is 0 Å². The second-order valence-corrected chi connectivity index (χ2v) is 11.2. The van der Waals surface area contributed by atoms with Crippen molar-refractivity contribution in [2.24, 2.45) is 0 Å². The molecule has 0 aromatic rings. The Kier molecular flexibility index (Phi) is 12.8. The molecule has 4 saturated heterocycles. The zero-order valence-electron chi connectivity index (χ0n) is 23.5. The molecule has 0 aromatic heterocycles. The predicted molar refractivity (Wildman–Crippen MR) is 134 cm³/mol. The van der Waals surface area contributed by atoms with Gasteiger partial charge in [-0.3, -0.25) is 0 Å². The Hall–Kier alpha value is -0.840. The molecule has 21 nitrogen and oxygen atoms in total. The monoisotopic (exact) mass is 666 g/mol. The smallest absolute Gasteiger partial charge is 0.187 e. The molecule has 4 rings (SSSR count). The van der Waals surface area contributed by atoms with Crippen LogP contribution in [0.2, 0.25) is 0 Å². The van der Waals surface area contributed by atoms with Gasteiger partial charge in [-0.05, 0) is 0 Å². The molecule has 264 valence electrons. The zero-order valence-corrected chi connectivity index (χ0v) is 23.5. The number of hydrogen-bond acceptors (Lipinski definition) is 21. The molecule has 0 aliphatic carbocycles. The summed E-state index contributed by atoms with van der Waals surface area (Å²) in [6.45, 7) is -3.23. The second-order valence-electron chi connectivity index (χ2n) is 11.2. The SMILES string of the molecule is OC[C@H]1O[C@@H](OC[C@H]2O[C@H](O)[C@H](O)[C@@H](O[C@@H]3O[C@H](CO)[C@@H](O)[C@H](O)[C@H]3O)[C@@H]2O[C@@H]2O[C@H](CO)[C@@H](O)[C@H](O)[C@H]2O)[C@H](O)[C@@H](O)[C@@H]1O.